The number of rotatable bonds is 1. The third-order valence-corrected chi connectivity index (χ3v) is 5.23. The van der Waals surface area contributed by atoms with Crippen LogP contribution in [0.3, 0.4) is 0 Å². The lowest BCUT2D eigenvalue weighted by Gasteiger charge is -2.32. The van der Waals surface area contributed by atoms with Crippen molar-refractivity contribution < 1.29 is 4.74 Å². The molecule has 4 rings (SSSR count). The number of ether oxygens (including phenoxy) is 1. The van der Waals surface area contributed by atoms with E-state index >= 15 is 0 Å². The van der Waals surface area contributed by atoms with Crippen LogP contribution in [0, 0.1) is 0 Å². The highest BCUT2D eigenvalue weighted by molar-refractivity contribution is 5.83. The summed E-state index contributed by atoms with van der Waals surface area (Å²) in [5, 5.41) is 0. The molecule has 1 heterocycles. The summed E-state index contributed by atoms with van der Waals surface area (Å²) in [6.45, 7) is 13.1. The fourth-order valence-corrected chi connectivity index (χ4v) is 4.08. The smallest absolute Gasteiger partial charge is 0.0967 e. The molecule has 0 saturated heterocycles. The zero-order valence-electron chi connectivity index (χ0n) is 17.8. The Morgan fingerprint density at radius 1 is 0.893 bits per heavy atom. The molecule has 3 nitrogen and oxygen atoms in total. The summed E-state index contributed by atoms with van der Waals surface area (Å²) in [4.78, 5) is 4.90. The minimum Gasteiger partial charge on any atom is -0.368 e. The van der Waals surface area contributed by atoms with Crippen LogP contribution in [0.2, 0.25) is 0 Å². The van der Waals surface area contributed by atoms with E-state index in [9.17, 15) is 0 Å². The van der Waals surface area contributed by atoms with Gasteiger partial charge in [0, 0.05) is 23.1 Å². The monoisotopic (exact) mass is 374 g/mol. The van der Waals surface area contributed by atoms with Gasteiger partial charge in [0.1, 0.15) is 0 Å². The maximum Gasteiger partial charge on any atom is 0.0967 e. The van der Waals surface area contributed by atoms with Gasteiger partial charge in [-0.1, -0.05) is 48.5 Å². The van der Waals surface area contributed by atoms with Gasteiger partial charge in [0.05, 0.1) is 29.4 Å². The topological polar surface area (TPSA) is 27.1 Å². The highest BCUT2D eigenvalue weighted by Gasteiger charge is 2.31. The molecule has 0 N–H and O–H groups in total. The summed E-state index contributed by atoms with van der Waals surface area (Å²) >= 11 is 0. The number of hydrogen-bond acceptors (Lipinski definition) is 2. The minimum atomic E-state index is -0.223. The predicted octanol–water partition coefficient (Wildman–Crippen LogP) is 6.38. The average Bonchev–Trinajstić information content (AvgIpc) is 3.04. The van der Waals surface area contributed by atoms with Gasteiger partial charge in [-0.3, -0.25) is 0 Å². The van der Waals surface area contributed by atoms with Gasteiger partial charge in [-0.25, -0.2) is 4.98 Å². The lowest BCUT2D eigenvalue weighted by atomic mass is 9.87. The normalized spacial score (nSPS) is 16.6. The molecule has 0 saturated carbocycles. The number of imidazole rings is 1. The van der Waals surface area contributed by atoms with E-state index in [2.05, 4.69) is 94.6 Å². The Morgan fingerprint density at radius 2 is 1.54 bits per heavy atom. The third kappa shape index (κ3) is 3.40. The third-order valence-electron chi connectivity index (χ3n) is 5.23. The molecule has 1 aliphatic rings. The molecule has 2 aromatic carbocycles. The van der Waals surface area contributed by atoms with Crippen LogP contribution in [0.1, 0.15) is 58.8 Å². The second kappa shape index (κ2) is 6.59. The van der Waals surface area contributed by atoms with Gasteiger partial charge in [-0.15, -0.1) is 0 Å². The molecule has 0 aliphatic heterocycles. The summed E-state index contributed by atoms with van der Waals surface area (Å²) in [5.41, 5.74) is 6.91. The van der Waals surface area contributed by atoms with Crippen molar-refractivity contribution in [1.29, 1.82) is 0 Å². The molecule has 1 unspecified atom stereocenters. The minimum absolute atomic E-state index is 0.00899. The second-order valence-electron chi connectivity index (χ2n) is 9.65. The molecule has 0 bridgehead atoms. The van der Waals surface area contributed by atoms with Crippen LogP contribution in [0.4, 0.5) is 0 Å². The summed E-state index contributed by atoms with van der Waals surface area (Å²) in [5.74, 6) is 0. The van der Waals surface area contributed by atoms with Crippen LogP contribution >= 0.6 is 0 Å². The fraction of sp³-hybridized carbons (Fsp3) is 0.400. The van der Waals surface area contributed by atoms with Gasteiger partial charge < -0.3 is 9.30 Å². The van der Waals surface area contributed by atoms with Crippen LogP contribution in [0.25, 0.3) is 22.5 Å². The Kier molecular flexibility index (Phi) is 4.46. The van der Waals surface area contributed by atoms with Crippen LogP contribution in [-0.4, -0.2) is 15.2 Å². The van der Waals surface area contributed by atoms with E-state index in [1.807, 2.05) is 6.33 Å². The molecular formula is C25H30N2O. The highest BCUT2D eigenvalue weighted by atomic mass is 16.5. The standard InChI is InChI=1S/C25H30N2O/c1-24(2,3)27-16-26-22-20-14-10-9-13-19(20)21(28-25(4,5)6)15-17-11-7-8-12-18(17)23(22)27/h7-14,16,21H,15H2,1-6H3. The van der Waals surface area contributed by atoms with E-state index in [-0.39, 0.29) is 17.2 Å². The van der Waals surface area contributed by atoms with Crippen LogP contribution in [0.15, 0.2) is 54.9 Å². The molecule has 0 fully saturated rings. The Balaban J connectivity index is 2.03. The molecule has 0 amide bonds. The van der Waals surface area contributed by atoms with Gasteiger partial charge in [0.25, 0.3) is 0 Å². The first-order valence-electron chi connectivity index (χ1n) is 10.1. The SMILES string of the molecule is CC(C)(C)OC1Cc2ccccc2-c2c(ncn2C(C)(C)C)-c2ccccc21. The van der Waals surface area contributed by atoms with Gasteiger partial charge >= 0.3 is 0 Å². The van der Waals surface area contributed by atoms with Crippen LogP contribution in [-0.2, 0) is 16.7 Å². The summed E-state index contributed by atoms with van der Waals surface area (Å²) in [6, 6.07) is 17.3. The maximum atomic E-state index is 6.55. The van der Waals surface area contributed by atoms with Crippen molar-refractivity contribution in [3.05, 3.63) is 66.0 Å². The summed E-state index contributed by atoms with van der Waals surface area (Å²) in [7, 11) is 0. The molecule has 146 valence electrons. The Bertz CT molecular complexity index is 1000. The van der Waals surface area contributed by atoms with Gasteiger partial charge in [-0.2, -0.15) is 0 Å². The van der Waals surface area contributed by atoms with E-state index in [0.29, 0.717) is 0 Å². The van der Waals surface area contributed by atoms with Crippen molar-refractivity contribution in [2.75, 3.05) is 0 Å². The molecule has 3 heteroatoms. The Morgan fingerprint density at radius 3 is 2.21 bits per heavy atom. The number of hydrogen-bond donors (Lipinski definition) is 0. The first-order valence-corrected chi connectivity index (χ1v) is 10.1. The summed E-state index contributed by atoms with van der Waals surface area (Å²) < 4.78 is 8.86. The molecule has 0 radical (unpaired) electrons. The molecule has 0 spiro atoms. The van der Waals surface area contributed by atoms with Crippen molar-refractivity contribution in [2.24, 2.45) is 0 Å². The van der Waals surface area contributed by atoms with E-state index in [1.54, 1.807) is 0 Å². The van der Waals surface area contributed by atoms with Gasteiger partial charge in [0.15, 0.2) is 0 Å². The van der Waals surface area contributed by atoms with E-state index in [0.717, 1.165) is 12.1 Å². The zero-order valence-corrected chi connectivity index (χ0v) is 17.8. The Hall–Kier alpha value is -2.39. The first-order chi connectivity index (χ1) is 13.1. The van der Waals surface area contributed by atoms with Crippen molar-refractivity contribution in [3.63, 3.8) is 0 Å². The molecule has 28 heavy (non-hydrogen) atoms. The number of fused-ring (bicyclic) bond motifs is 5. The summed E-state index contributed by atoms with van der Waals surface area (Å²) in [6.07, 6.45) is 2.83. The van der Waals surface area contributed by atoms with E-state index in [1.165, 1.54) is 27.9 Å². The number of nitrogens with zero attached hydrogens (tertiary/aromatic N) is 2. The molecule has 1 atom stereocenters. The predicted molar refractivity (Wildman–Crippen MR) is 115 cm³/mol. The van der Waals surface area contributed by atoms with Crippen LogP contribution < -0.4 is 0 Å². The zero-order chi connectivity index (χ0) is 20.1. The van der Waals surface area contributed by atoms with E-state index in [4.69, 9.17) is 9.72 Å². The van der Waals surface area contributed by atoms with Gasteiger partial charge in [0.2, 0.25) is 0 Å². The lowest BCUT2D eigenvalue weighted by Crippen LogP contribution is -2.25. The fourth-order valence-electron chi connectivity index (χ4n) is 4.08. The van der Waals surface area contributed by atoms with Gasteiger partial charge in [-0.05, 0) is 52.7 Å². The molecule has 1 aromatic heterocycles. The highest BCUT2D eigenvalue weighted by Crippen LogP contribution is 2.44. The maximum absolute atomic E-state index is 6.55. The number of benzene rings is 2. The quantitative estimate of drug-likeness (QED) is 0.494. The lowest BCUT2D eigenvalue weighted by molar-refractivity contribution is -0.0611. The van der Waals surface area contributed by atoms with Crippen molar-refractivity contribution >= 4 is 0 Å². The second-order valence-corrected chi connectivity index (χ2v) is 9.65. The molecule has 3 aromatic rings. The Labute approximate surface area is 168 Å². The molecular weight excluding hydrogens is 344 g/mol. The average molecular weight is 375 g/mol. The molecule has 1 aliphatic carbocycles. The first kappa shape index (κ1) is 18.9. The number of aromatic nitrogens is 2. The van der Waals surface area contributed by atoms with Crippen molar-refractivity contribution in [2.45, 2.75) is 65.2 Å². The van der Waals surface area contributed by atoms with Crippen molar-refractivity contribution in [1.82, 2.24) is 9.55 Å². The van der Waals surface area contributed by atoms with E-state index < -0.39 is 0 Å². The largest absolute Gasteiger partial charge is 0.368 e. The van der Waals surface area contributed by atoms with Crippen molar-refractivity contribution in [3.8, 4) is 22.5 Å². The van der Waals surface area contributed by atoms with Crippen LogP contribution in [0.5, 0.6) is 0 Å².